The fourth-order valence-electron chi connectivity index (χ4n) is 2.93. The molecule has 1 fully saturated rings. The zero-order valence-electron chi connectivity index (χ0n) is 13.2. The molecule has 0 atom stereocenters. The van der Waals surface area contributed by atoms with E-state index in [1.807, 2.05) is 17.5 Å². The molecule has 0 unspecified atom stereocenters. The lowest BCUT2D eigenvalue weighted by molar-refractivity contribution is 0.0538. The number of oxazole rings is 1. The molecule has 25 heavy (non-hydrogen) atoms. The van der Waals surface area contributed by atoms with Crippen LogP contribution in [0.3, 0.4) is 0 Å². The molecule has 2 amide bonds. The molecular formula is C17H15N3O4S. The number of hydrogen-bond acceptors (Lipinski definition) is 5. The van der Waals surface area contributed by atoms with E-state index in [2.05, 4.69) is 4.98 Å². The number of H-pyrrole nitrogens is 1. The van der Waals surface area contributed by atoms with E-state index in [0.29, 0.717) is 47.7 Å². The van der Waals surface area contributed by atoms with Gasteiger partial charge in [-0.2, -0.15) is 0 Å². The van der Waals surface area contributed by atoms with Crippen LogP contribution < -0.4 is 5.76 Å². The van der Waals surface area contributed by atoms with E-state index in [9.17, 15) is 14.4 Å². The first kappa shape index (κ1) is 15.6. The second-order valence-corrected chi connectivity index (χ2v) is 6.73. The summed E-state index contributed by atoms with van der Waals surface area (Å²) in [5.41, 5.74) is 1.39. The summed E-state index contributed by atoms with van der Waals surface area (Å²) >= 11 is 1.42. The molecule has 1 saturated heterocycles. The summed E-state index contributed by atoms with van der Waals surface area (Å²) in [5, 5.41) is 1.88. The summed E-state index contributed by atoms with van der Waals surface area (Å²) in [6.45, 7) is 1.96. The maximum absolute atomic E-state index is 12.6. The van der Waals surface area contributed by atoms with Crippen LogP contribution in [0.5, 0.6) is 0 Å². The Balaban J connectivity index is 1.45. The van der Waals surface area contributed by atoms with Gasteiger partial charge < -0.3 is 14.2 Å². The number of carbonyl (C=O) groups excluding carboxylic acids is 2. The van der Waals surface area contributed by atoms with Crippen molar-refractivity contribution in [1.29, 1.82) is 0 Å². The molecule has 3 heterocycles. The number of nitrogens with zero attached hydrogens (tertiary/aromatic N) is 2. The van der Waals surface area contributed by atoms with Crippen LogP contribution in [0.4, 0.5) is 0 Å². The summed E-state index contributed by atoms with van der Waals surface area (Å²) < 4.78 is 5.00. The van der Waals surface area contributed by atoms with Gasteiger partial charge in [-0.3, -0.25) is 14.6 Å². The van der Waals surface area contributed by atoms with Crippen LogP contribution in [0.25, 0.3) is 11.1 Å². The Bertz CT molecular complexity index is 981. The van der Waals surface area contributed by atoms with Gasteiger partial charge in [-0.1, -0.05) is 6.07 Å². The predicted octanol–water partition coefficient (Wildman–Crippen LogP) is 1.78. The molecule has 1 N–H and O–H groups in total. The van der Waals surface area contributed by atoms with Gasteiger partial charge in [-0.05, 0) is 29.6 Å². The lowest BCUT2D eigenvalue weighted by atomic mass is 10.1. The second kappa shape index (κ2) is 6.21. The van der Waals surface area contributed by atoms with Gasteiger partial charge in [0.2, 0.25) is 0 Å². The summed E-state index contributed by atoms with van der Waals surface area (Å²) in [4.78, 5) is 42.9. The zero-order chi connectivity index (χ0) is 17.4. The van der Waals surface area contributed by atoms with Crippen molar-refractivity contribution in [2.45, 2.75) is 0 Å². The summed E-state index contributed by atoms with van der Waals surface area (Å²) in [6.07, 6.45) is 0. The van der Waals surface area contributed by atoms with Crippen LogP contribution in [0.2, 0.25) is 0 Å². The first-order chi connectivity index (χ1) is 12.1. The predicted molar refractivity (Wildman–Crippen MR) is 93.0 cm³/mol. The van der Waals surface area contributed by atoms with Crippen molar-refractivity contribution < 1.29 is 14.0 Å². The van der Waals surface area contributed by atoms with Gasteiger partial charge in [0.15, 0.2) is 5.58 Å². The van der Waals surface area contributed by atoms with Crippen LogP contribution >= 0.6 is 11.3 Å². The molecule has 7 nitrogen and oxygen atoms in total. The van der Waals surface area contributed by atoms with E-state index in [4.69, 9.17) is 4.42 Å². The number of aromatic amines is 1. The van der Waals surface area contributed by atoms with Crippen LogP contribution in [0.15, 0.2) is 44.9 Å². The minimum absolute atomic E-state index is 0.0117. The summed E-state index contributed by atoms with van der Waals surface area (Å²) in [6, 6.07) is 8.56. The molecule has 0 spiro atoms. The van der Waals surface area contributed by atoms with Crippen LogP contribution in [-0.4, -0.2) is 52.8 Å². The van der Waals surface area contributed by atoms with Gasteiger partial charge in [0.1, 0.15) is 0 Å². The minimum atomic E-state index is -0.541. The fraction of sp³-hybridized carbons (Fsp3) is 0.235. The largest absolute Gasteiger partial charge is 0.417 e. The molecule has 1 aliphatic heterocycles. The van der Waals surface area contributed by atoms with Crippen LogP contribution in [0.1, 0.15) is 20.0 Å². The van der Waals surface area contributed by atoms with Gasteiger partial charge in [-0.25, -0.2) is 4.79 Å². The lowest BCUT2D eigenvalue weighted by Crippen LogP contribution is -2.50. The third-order valence-electron chi connectivity index (χ3n) is 4.25. The number of thiophene rings is 1. The number of carbonyl (C=O) groups is 2. The highest BCUT2D eigenvalue weighted by Crippen LogP contribution is 2.17. The molecule has 2 aromatic heterocycles. The highest BCUT2D eigenvalue weighted by Gasteiger charge is 2.26. The van der Waals surface area contributed by atoms with Crippen molar-refractivity contribution in [3.05, 3.63) is 56.7 Å². The van der Waals surface area contributed by atoms with Crippen molar-refractivity contribution in [1.82, 2.24) is 14.8 Å². The average Bonchev–Trinajstić information content (AvgIpc) is 3.28. The number of amides is 2. The lowest BCUT2D eigenvalue weighted by Gasteiger charge is -2.34. The van der Waals surface area contributed by atoms with E-state index in [1.54, 1.807) is 28.0 Å². The van der Waals surface area contributed by atoms with Crippen LogP contribution in [-0.2, 0) is 0 Å². The monoisotopic (exact) mass is 357 g/mol. The molecule has 1 aliphatic rings. The van der Waals surface area contributed by atoms with Crippen molar-refractivity contribution in [3.8, 4) is 0 Å². The van der Waals surface area contributed by atoms with Crippen molar-refractivity contribution >= 4 is 34.3 Å². The number of nitrogens with one attached hydrogen (secondary N) is 1. The number of hydrogen-bond donors (Lipinski definition) is 1. The molecule has 1 aromatic carbocycles. The molecule has 128 valence electrons. The van der Waals surface area contributed by atoms with Gasteiger partial charge in [0.25, 0.3) is 11.8 Å². The Hall–Kier alpha value is -2.87. The van der Waals surface area contributed by atoms with E-state index in [1.165, 1.54) is 11.3 Å². The maximum atomic E-state index is 12.6. The number of aromatic nitrogens is 1. The zero-order valence-corrected chi connectivity index (χ0v) is 14.0. The highest BCUT2D eigenvalue weighted by atomic mass is 32.1. The molecule has 0 saturated carbocycles. The van der Waals surface area contributed by atoms with Crippen LogP contribution in [0, 0.1) is 0 Å². The van der Waals surface area contributed by atoms with E-state index in [0.717, 1.165) is 0 Å². The quantitative estimate of drug-likeness (QED) is 0.757. The normalized spacial score (nSPS) is 14.9. The molecule has 0 radical (unpaired) electrons. The van der Waals surface area contributed by atoms with Crippen molar-refractivity contribution in [3.63, 3.8) is 0 Å². The second-order valence-electron chi connectivity index (χ2n) is 5.79. The van der Waals surface area contributed by atoms with E-state index in [-0.39, 0.29) is 11.8 Å². The van der Waals surface area contributed by atoms with Gasteiger partial charge >= 0.3 is 5.76 Å². The number of fused-ring (bicyclic) bond motifs is 1. The summed E-state index contributed by atoms with van der Waals surface area (Å²) in [7, 11) is 0. The Morgan fingerprint density at radius 2 is 1.76 bits per heavy atom. The smallest absolute Gasteiger partial charge is 0.408 e. The molecule has 3 aromatic rings. The molecule has 0 aliphatic carbocycles. The third kappa shape index (κ3) is 2.96. The SMILES string of the molecule is O=C(c1ccc2[nH]c(=O)oc2c1)N1CCN(C(=O)c2cccs2)CC1. The first-order valence-corrected chi connectivity index (χ1v) is 8.75. The summed E-state index contributed by atoms with van der Waals surface area (Å²) in [5.74, 6) is -0.660. The van der Waals surface area contributed by atoms with Crippen molar-refractivity contribution in [2.75, 3.05) is 26.2 Å². The van der Waals surface area contributed by atoms with Crippen molar-refractivity contribution in [2.24, 2.45) is 0 Å². The van der Waals surface area contributed by atoms with Gasteiger partial charge in [0, 0.05) is 31.7 Å². The number of benzene rings is 1. The highest BCUT2D eigenvalue weighted by molar-refractivity contribution is 7.12. The average molecular weight is 357 g/mol. The Kier molecular flexibility index (Phi) is 3.89. The number of rotatable bonds is 2. The van der Waals surface area contributed by atoms with Gasteiger partial charge in [-0.15, -0.1) is 11.3 Å². The standard InChI is InChI=1S/C17H15N3O4S/c21-15(11-3-4-12-13(10-11)24-17(23)18-12)19-5-7-20(8-6-19)16(22)14-2-1-9-25-14/h1-4,9-10H,5-8H2,(H,18,23). The first-order valence-electron chi connectivity index (χ1n) is 7.87. The molecule has 8 heteroatoms. The minimum Gasteiger partial charge on any atom is -0.408 e. The topological polar surface area (TPSA) is 86.6 Å². The Labute approximate surface area is 146 Å². The van der Waals surface area contributed by atoms with E-state index < -0.39 is 5.76 Å². The fourth-order valence-corrected chi connectivity index (χ4v) is 3.62. The molecular weight excluding hydrogens is 342 g/mol. The number of piperazine rings is 1. The Morgan fingerprint density at radius 1 is 1.04 bits per heavy atom. The Morgan fingerprint density at radius 3 is 2.44 bits per heavy atom. The molecule has 4 rings (SSSR count). The van der Waals surface area contributed by atoms with Gasteiger partial charge in [0.05, 0.1) is 10.4 Å². The maximum Gasteiger partial charge on any atom is 0.417 e. The molecule has 0 bridgehead atoms. The third-order valence-corrected chi connectivity index (χ3v) is 5.11. The van der Waals surface area contributed by atoms with E-state index >= 15 is 0 Å².